The molecule has 2 aromatic rings. The first-order valence-electron chi connectivity index (χ1n) is 10.6. The summed E-state index contributed by atoms with van der Waals surface area (Å²) in [7, 11) is 1.78. The van der Waals surface area contributed by atoms with Gasteiger partial charge in [-0.05, 0) is 42.9 Å². The predicted molar refractivity (Wildman–Crippen MR) is 130 cm³/mol. The first-order valence-corrected chi connectivity index (χ1v) is 10.6. The molecule has 1 heterocycles. The third-order valence-electron chi connectivity index (χ3n) is 6.22. The second kappa shape index (κ2) is 10.6. The lowest BCUT2D eigenvalue weighted by Gasteiger charge is -2.32. The lowest BCUT2D eigenvalue weighted by Crippen LogP contribution is -2.44. The highest BCUT2D eigenvalue weighted by atomic mass is 127. The molecule has 0 spiro atoms. The maximum absolute atomic E-state index is 14.2. The summed E-state index contributed by atoms with van der Waals surface area (Å²) in [6.45, 7) is 2.30. The normalized spacial score (nSPS) is 22.7. The summed E-state index contributed by atoms with van der Waals surface area (Å²) >= 11 is 0. The van der Waals surface area contributed by atoms with E-state index in [4.69, 9.17) is 4.74 Å². The Bertz CT molecular complexity index is 841. The fourth-order valence-electron chi connectivity index (χ4n) is 4.35. The van der Waals surface area contributed by atoms with Crippen molar-refractivity contribution in [2.45, 2.75) is 37.2 Å². The summed E-state index contributed by atoms with van der Waals surface area (Å²) in [6, 6.07) is 17.6. The molecule has 2 aromatic carbocycles. The first-order chi connectivity index (χ1) is 14.2. The molecule has 1 saturated heterocycles. The minimum atomic E-state index is -0.111. The van der Waals surface area contributed by atoms with Crippen LogP contribution in [0.1, 0.15) is 42.9 Å². The van der Waals surface area contributed by atoms with Gasteiger partial charge in [-0.1, -0.05) is 48.5 Å². The highest BCUT2D eigenvalue weighted by molar-refractivity contribution is 14.0. The largest absolute Gasteiger partial charge is 0.373 e. The van der Waals surface area contributed by atoms with Crippen LogP contribution in [0.3, 0.4) is 0 Å². The van der Waals surface area contributed by atoms with Gasteiger partial charge in [-0.2, -0.15) is 0 Å². The molecule has 2 unspecified atom stereocenters. The number of guanidine groups is 1. The smallest absolute Gasteiger partial charge is 0.191 e. The second-order valence-electron chi connectivity index (χ2n) is 8.17. The SMILES string of the molecule is CN=C(NCC1CCCOC1c1ccccc1)NCC1(c2ccccc2F)CC1.I. The Balaban J connectivity index is 0.00000256. The number of nitrogens with one attached hydrogen (secondary N) is 2. The lowest BCUT2D eigenvalue weighted by atomic mass is 9.89. The van der Waals surface area contributed by atoms with Crippen LogP contribution < -0.4 is 10.6 Å². The van der Waals surface area contributed by atoms with E-state index in [1.165, 1.54) is 5.56 Å². The van der Waals surface area contributed by atoms with Crippen molar-refractivity contribution in [3.8, 4) is 0 Å². The fraction of sp³-hybridized carbons (Fsp3) is 0.458. The van der Waals surface area contributed by atoms with Crippen molar-refractivity contribution >= 4 is 29.9 Å². The van der Waals surface area contributed by atoms with Gasteiger partial charge in [0.25, 0.3) is 0 Å². The van der Waals surface area contributed by atoms with E-state index in [9.17, 15) is 4.39 Å². The van der Waals surface area contributed by atoms with Gasteiger partial charge in [-0.25, -0.2) is 4.39 Å². The van der Waals surface area contributed by atoms with Gasteiger partial charge >= 0.3 is 0 Å². The van der Waals surface area contributed by atoms with Crippen molar-refractivity contribution in [2.75, 3.05) is 26.7 Å². The van der Waals surface area contributed by atoms with Gasteiger partial charge in [0.1, 0.15) is 5.82 Å². The summed E-state index contributed by atoms with van der Waals surface area (Å²) in [5.41, 5.74) is 1.94. The molecule has 1 aliphatic carbocycles. The van der Waals surface area contributed by atoms with E-state index in [1.54, 1.807) is 19.2 Å². The summed E-state index contributed by atoms with van der Waals surface area (Å²) in [5, 5.41) is 6.89. The second-order valence-corrected chi connectivity index (χ2v) is 8.17. The zero-order valence-corrected chi connectivity index (χ0v) is 19.8. The summed E-state index contributed by atoms with van der Waals surface area (Å²) in [6.07, 6.45) is 4.33. The molecule has 2 aliphatic rings. The zero-order chi connectivity index (χ0) is 20.1. The highest BCUT2D eigenvalue weighted by Gasteiger charge is 2.45. The van der Waals surface area contributed by atoms with E-state index in [2.05, 4.69) is 39.9 Å². The van der Waals surface area contributed by atoms with Crippen LogP contribution in [0.15, 0.2) is 59.6 Å². The molecule has 4 nitrogen and oxygen atoms in total. The number of benzene rings is 2. The predicted octanol–water partition coefficient (Wildman–Crippen LogP) is 4.81. The Morgan fingerprint density at radius 3 is 2.53 bits per heavy atom. The molecule has 2 atom stereocenters. The van der Waals surface area contributed by atoms with E-state index in [0.29, 0.717) is 12.5 Å². The van der Waals surface area contributed by atoms with E-state index in [1.807, 2.05) is 18.2 Å². The van der Waals surface area contributed by atoms with Crippen LogP contribution in [0.4, 0.5) is 4.39 Å². The minimum Gasteiger partial charge on any atom is -0.373 e. The number of nitrogens with zero attached hydrogens (tertiary/aromatic N) is 1. The standard InChI is InChI=1S/C24H30FN3O.HI/c1-26-23(28-17-24(13-14-24)20-11-5-6-12-21(20)25)27-16-19-10-7-15-29-22(19)18-8-3-2-4-9-18;/h2-6,8-9,11-12,19,22H,7,10,13-17H2,1H3,(H2,26,27,28);1H. The maximum atomic E-state index is 14.2. The molecular weight excluding hydrogens is 492 g/mol. The third-order valence-corrected chi connectivity index (χ3v) is 6.22. The van der Waals surface area contributed by atoms with E-state index in [-0.39, 0.29) is 41.3 Å². The molecule has 2 N–H and O–H groups in total. The molecule has 30 heavy (non-hydrogen) atoms. The molecule has 4 rings (SSSR count). The number of halogens is 2. The Morgan fingerprint density at radius 1 is 1.10 bits per heavy atom. The van der Waals surface area contributed by atoms with Crippen molar-refractivity contribution in [3.63, 3.8) is 0 Å². The van der Waals surface area contributed by atoms with Gasteiger partial charge < -0.3 is 15.4 Å². The molecule has 0 radical (unpaired) electrons. The number of rotatable bonds is 6. The van der Waals surface area contributed by atoms with Gasteiger partial charge in [0.2, 0.25) is 0 Å². The summed E-state index contributed by atoms with van der Waals surface area (Å²) < 4.78 is 20.3. The Hall–Kier alpha value is -1.67. The number of ether oxygens (including phenoxy) is 1. The molecule has 0 amide bonds. The van der Waals surface area contributed by atoms with Crippen LogP contribution in [-0.2, 0) is 10.2 Å². The van der Waals surface area contributed by atoms with Crippen LogP contribution in [0.2, 0.25) is 0 Å². The lowest BCUT2D eigenvalue weighted by molar-refractivity contribution is -0.0265. The quantitative estimate of drug-likeness (QED) is 0.325. The number of hydrogen-bond donors (Lipinski definition) is 2. The summed E-state index contributed by atoms with van der Waals surface area (Å²) in [5.74, 6) is 1.05. The zero-order valence-electron chi connectivity index (χ0n) is 17.4. The molecule has 162 valence electrons. The van der Waals surface area contributed by atoms with Gasteiger partial charge in [0.05, 0.1) is 6.10 Å². The molecule has 0 bridgehead atoms. The van der Waals surface area contributed by atoms with Gasteiger partial charge in [-0.15, -0.1) is 24.0 Å². The minimum absolute atomic E-state index is 0. The van der Waals surface area contributed by atoms with E-state index in [0.717, 1.165) is 50.4 Å². The van der Waals surface area contributed by atoms with Crippen LogP contribution in [0, 0.1) is 11.7 Å². The van der Waals surface area contributed by atoms with Gasteiger partial charge in [0.15, 0.2) is 5.96 Å². The van der Waals surface area contributed by atoms with Crippen molar-refractivity contribution in [1.29, 1.82) is 0 Å². The van der Waals surface area contributed by atoms with Crippen LogP contribution in [0.25, 0.3) is 0 Å². The highest BCUT2D eigenvalue weighted by Crippen LogP contribution is 2.48. The van der Waals surface area contributed by atoms with Gasteiger partial charge in [-0.3, -0.25) is 4.99 Å². The van der Waals surface area contributed by atoms with Crippen LogP contribution in [0.5, 0.6) is 0 Å². The van der Waals surface area contributed by atoms with Crippen molar-refractivity contribution in [3.05, 3.63) is 71.5 Å². The molecular formula is C24H31FIN3O. The summed E-state index contributed by atoms with van der Waals surface area (Å²) in [4.78, 5) is 4.38. The molecule has 0 aromatic heterocycles. The Morgan fingerprint density at radius 2 is 1.83 bits per heavy atom. The monoisotopic (exact) mass is 523 g/mol. The van der Waals surface area contributed by atoms with Crippen molar-refractivity contribution in [2.24, 2.45) is 10.9 Å². The molecule has 1 aliphatic heterocycles. The maximum Gasteiger partial charge on any atom is 0.191 e. The van der Waals surface area contributed by atoms with Crippen LogP contribution >= 0.6 is 24.0 Å². The van der Waals surface area contributed by atoms with E-state index >= 15 is 0 Å². The Kier molecular flexibility index (Phi) is 8.11. The first kappa shape index (κ1) is 23.0. The molecule has 1 saturated carbocycles. The molecule has 2 fully saturated rings. The number of aliphatic imine (C=N–C) groups is 1. The van der Waals surface area contributed by atoms with Gasteiger partial charge in [0, 0.05) is 38.1 Å². The average molecular weight is 523 g/mol. The fourth-order valence-corrected chi connectivity index (χ4v) is 4.35. The Labute approximate surface area is 195 Å². The number of hydrogen-bond acceptors (Lipinski definition) is 2. The van der Waals surface area contributed by atoms with E-state index < -0.39 is 0 Å². The molecule has 6 heteroatoms. The van der Waals surface area contributed by atoms with Crippen molar-refractivity contribution in [1.82, 2.24) is 10.6 Å². The van der Waals surface area contributed by atoms with Crippen molar-refractivity contribution < 1.29 is 9.13 Å². The van der Waals surface area contributed by atoms with Crippen LogP contribution in [-0.4, -0.2) is 32.7 Å². The topological polar surface area (TPSA) is 45.7 Å². The third kappa shape index (κ3) is 5.32. The average Bonchev–Trinajstić information content (AvgIpc) is 3.56.